The van der Waals surface area contributed by atoms with Crippen LogP contribution in [-0.2, 0) is 0 Å². The SMILES string of the molecule is Cc1cccc(-n2c(SC(C)c3nc(N)nc(N(C)C)n3)nnc2-c2c[nH]c3ccccc23)c1. The van der Waals surface area contributed by atoms with Crippen molar-refractivity contribution in [2.45, 2.75) is 24.3 Å². The van der Waals surface area contributed by atoms with Crippen LogP contribution in [0.5, 0.6) is 0 Å². The molecule has 5 aromatic rings. The Bertz CT molecular complexity index is 1470. The van der Waals surface area contributed by atoms with E-state index in [2.05, 4.69) is 72.0 Å². The van der Waals surface area contributed by atoms with Gasteiger partial charge < -0.3 is 15.6 Å². The van der Waals surface area contributed by atoms with Gasteiger partial charge in [-0.05, 0) is 37.6 Å². The Hall–Kier alpha value is -3.92. The highest BCUT2D eigenvalue weighted by Crippen LogP contribution is 2.37. The van der Waals surface area contributed by atoms with Gasteiger partial charge in [-0.2, -0.15) is 15.0 Å². The summed E-state index contributed by atoms with van der Waals surface area (Å²) in [5, 5.41) is 10.9. The lowest BCUT2D eigenvalue weighted by Crippen LogP contribution is -2.16. The minimum absolute atomic E-state index is 0.132. The summed E-state index contributed by atoms with van der Waals surface area (Å²) < 4.78 is 2.08. The number of thioether (sulfide) groups is 1. The molecule has 10 heteroatoms. The molecule has 2 aromatic carbocycles. The molecular formula is C24H25N9S. The summed E-state index contributed by atoms with van der Waals surface area (Å²) in [5.74, 6) is 2.07. The Labute approximate surface area is 201 Å². The Morgan fingerprint density at radius 2 is 1.85 bits per heavy atom. The van der Waals surface area contributed by atoms with Gasteiger partial charge in [0.1, 0.15) is 5.82 Å². The average Bonchev–Trinajstić information content (AvgIpc) is 3.42. The van der Waals surface area contributed by atoms with Gasteiger partial charge in [-0.25, -0.2) is 0 Å². The first-order valence-corrected chi connectivity index (χ1v) is 11.7. The second kappa shape index (κ2) is 8.79. The van der Waals surface area contributed by atoms with E-state index in [4.69, 9.17) is 5.73 Å². The first-order valence-electron chi connectivity index (χ1n) is 10.8. The Kier molecular flexibility index (Phi) is 5.66. The molecule has 0 aliphatic heterocycles. The number of nitrogens with one attached hydrogen (secondary N) is 1. The quantitative estimate of drug-likeness (QED) is 0.350. The van der Waals surface area contributed by atoms with Crippen LogP contribution in [0.1, 0.15) is 23.6 Å². The third-order valence-electron chi connectivity index (χ3n) is 5.43. The van der Waals surface area contributed by atoms with Crippen molar-refractivity contribution in [2.24, 2.45) is 0 Å². The third-order valence-corrected chi connectivity index (χ3v) is 6.47. The van der Waals surface area contributed by atoms with Crippen molar-refractivity contribution < 1.29 is 0 Å². The molecule has 0 bridgehead atoms. The molecule has 34 heavy (non-hydrogen) atoms. The zero-order valence-electron chi connectivity index (χ0n) is 19.4. The number of anilines is 2. The van der Waals surface area contributed by atoms with Gasteiger partial charge >= 0.3 is 0 Å². The second-order valence-corrected chi connectivity index (χ2v) is 9.54. The summed E-state index contributed by atoms with van der Waals surface area (Å²) in [4.78, 5) is 18.3. The fourth-order valence-corrected chi connectivity index (χ4v) is 4.68. The molecule has 0 aliphatic carbocycles. The van der Waals surface area contributed by atoms with Crippen molar-refractivity contribution >= 4 is 34.6 Å². The van der Waals surface area contributed by atoms with Crippen molar-refractivity contribution in [3.63, 3.8) is 0 Å². The van der Waals surface area contributed by atoms with Crippen LogP contribution in [-0.4, -0.2) is 48.8 Å². The van der Waals surface area contributed by atoms with E-state index in [1.165, 1.54) is 11.8 Å². The number of nitrogen functional groups attached to an aromatic ring is 1. The van der Waals surface area contributed by atoms with Crippen LogP contribution in [0.4, 0.5) is 11.9 Å². The van der Waals surface area contributed by atoms with Crippen LogP contribution in [0.25, 0.3) is 28.0 Å². The molecule has 0 fully saturated rings. The van der Waals surface area contributed by atoms with Gasteiger partial charge in [-0.15, -0.1) is 10.2 Å². The van der Waals surface area contributed by atoms with Crippen molar-refractivity contribution in [1.29, 1.82) is 0 Å². The van der Waals surface area contributed by atoms with Crippen molar-refractivity contribution in [3.05, 3.63) is 66.1 Å². The molecule has 0 spiro atoms. The Morgan fingerprint density at radius 1 is 1.03 bits per heavy atom. The maximum absolute atomic E-state index is 5.95. The fourth-order valence-electron chi connectivity index (χ4n) is 3.77. The van der Waals surface area contributed by atoms with Gasteiger partial charge in [-0.3, -0.25) is 4.57 Å². The number of fused-ring (bicyclic) bond motifs is 1. The van der Waals surface area contributed by atoms with Gasteiger partial charge in [0.05, 0.1) is 5.25 Å². The molecule has 3 N–H and O–H groups in total. The highest BCUT2D eigenvalue weighted by molar-refractivity contribution is 7.99. The molecule has 0 amide bonds. The number of aromatic nitrogens is 7. The predicted molar refractivity (Wildman–Crippen MR) is 136 cm³/mol. The molecule has 1 unspecified atom stereocenters. The van der Waals surface area contributed by atoms with E-state index in [-0.39, 0.29) is 11.2 Å². The van der Waals surface area contributed by atoms with Gasteiger partial charge in [0, 0.05) is 42.4 Å². The van der Waals surface area contributed by atoms with Crippen LogP contribution >= 0.6 is 11.8 Å². The number of rotatable bonds is 6. The van der Waals surface area contributed by atoms with Crippen molar-refractivity contribution in [2.75, 3.05) is 24.7 Å². The topological polar surface area (TPSA) is 114 Å². The Morgan fingerprint density at radius 3 is 2.65 bits per heavy atom. The molecule has 3 aromatic heterocycles. The number of para-hydroxylation sites is 1. The van der Waals surface area contributed by atoms with Gasteiger partial charge in [0.25, 0.3) is 0 Å². The highest BCUT2D eigenvalue weighted by Gasteiger charge is 2.23. The van der Waals surface area contributed by atoms with Crippen LogP contribution in [0, 0.1) is 6.92 Å². The zero-order valence-corrected chi connectivity index (χ0v) is 20.2. The number of hydrogen-bond donors (Lipinski definition) is 2. The molecule has 0 aliphatic rings. The van der Waals surface area contributed by atoms with E-state index < -0.39 is 0 Å². The molecule has 3 heterocycles. The number of hydrogen-bond acceptors (Lipinski definition) is 8. The number of nitrogens with two attached hydrogens (primary N) is 1. The molecule has 0 saturated heterocycles. The van der Waals surface area contributed by atoms with Crippen molar-refractivity contribution in [3.8, 4) is 17.1 Å². The molecule has 9 nitrogen and oxygen atoms in total. The van der Waals surface area contributed by atoms with Crippen LogP contribution in [0.15, 0.2) is 59.9 Å². The van der Waals surface area contributed by atoms with E-state index in [1.807, 2.05) is 50.3 Å². The van der Waals surface area contributed by atoms with E-state index in [1.54, 1.807) is 0 Å². The second-order valence-electron chi connectivity index (χ2n) is 8.23. The normalized spacial score (nSPS) is 12.2. The van der Waals surface area contributed by atoms with Crippen LogP contribution in [0.2, 0.25) is 0 Å². The highest BCUT2D eigenvalue weighted by atomic mass is 32.2. The number of benzene rings is 2. The number of nitrogens with zero attached hydrogens (tertiary/aromatic N) is 7. The van der Waals surface area contributed by atoms with E-state index >= 15 is 0 Å². The molecule has 0 saturated carbocycles. The summed E-state index contributed by atoms with van der Waals surface area (Å²) in [5.41, 5.74) is 10.1. The molecule has 5 rings (SSSR count). The van der Waals surface area contributed by atoms with Crippen LogP contribution in [0.3, 0.4) is 0 Å². The summed E-state index contributed by atoms with van der Waals surface area (Å²) >= 11 is 1.53. The minimum Gasteiger partial charge on any atom is -0.368 e. The first kappa shape index (κ1) is 21.9. The maximum atomic E-state index is 5.95. The maximum Gasteiger partial charge on any atom is 0.229 e. The number of aryl methyl sites for hydroxylation is 1. The summed E-state index contributed by atoms with van der Waals surface area (Å²) in [7, 11) is 3.75. The smallest absolute Gasteiger partial charge is 0.229 e. The average molecular weight is 472 g/mol. The number of aromatic amines is 1. The molecule has 0 radical (unpaired) electrons. The zero-order chi connectivity index (χ0) is 23.8. The number of H-pyrrole nitrogens is 1. The summed E-state index contributed by atoms with van der Waals surface area (Å²) in [6, 6.07) is 16.5. The van der Waals surface area contributed by atoms with E-state index in [0.29, 0.717) is 11.8 Å². The Balaban J connectivity index is 1.61. The van der Waals surface area contributed by atoms with Crippen LogP contribution < -0.4 is 10.6 Å². The van der Waals surface area contributed by atoms with Gasteiger partial charge in [0.2, 0.25) is 11.9 Å². The predicted octanol–water partition coefficient (Wildman–Crippen LogP) is 4.41. The van der Waals surface area contributed by atoms with E-state index in [9.17, 15) is 0 Å². The first-order chi connectivity index (χ1) is 16.4. The van der Waals surface area contributed by atoms with Gasteiger partial charge in [0.15, 0.2) is 11.0 Å². The summed E-state index contributed by atoms with van der Waals surface area (Å²) in [6.07, 6.45) is 1.98. The van der Waals surface area contributed by atoms with Gasteiger partial charge in [-0.1, -0.05) is 42.1 Å². The van der Waals surface area contributed by atoms with E-state index in [0.717, 1.165) is 38.7 Å². The summed E-state index contributed by atoms with van der Waals surface area (Å²) in [6.45, 7) is 4.10. The van der Waals surface area contributed by atoms with Crippen molar-refractivity contribution in [1.82, 2.24) is 34.7 Å². The third kappa shape index (κ3) is 4.08. The molecule has 1 atom stereocenters. The minimum atomic E-state index is -0.132. The lowest BCUT2D eigenvalue weighted by atomic mass is 10.1. The largest absolute Gasteiger partial charge is 0.368 e. The lowest BCUT2D eigenvalue weighted by molar-refractivity contribution is 0.843. The monoisotopic (exact) mass is 471 g/mol. The fraction of sp³-hybridized carbons (Fsp3) is 0.208. The molecular weight excluding hydrogens is 446 g/mol. The standard InChI is InChI=1S/C24H25N9S/c1-14-8-7-9-16(12-14)33-21(18-13-26-19-11-6-5-10-17(18)19)30-31-24(33)34-15(2)20-27-22(25)29-23(28-20)32(3)4/h5-13,15,26H,1-4H3,(H2,25,27,28,29). The molecule has 172 valence electrons. The lowest BCUT2D eigenvalue weighted by Gasteiger charge is -2.15.